The van der Waals surface area contributed by atoms with Crippen LogP contribution in [0.15, 0.2) is 36.5 Å². The number of methoxy groups -OCH3 is 1. The third-order valence-electron chi connectivity index (χ3n) is 2.98. The quantitative estimate of drug-likeness (QED) is 0.718. The Morgan fingerprint density at radius 2 is 2.00 bits per heavy atom. The summed E-state index contributed by atoms with van der Waals surface area (Å²) >= 11 is 0. The molecule has 18 heavy (non-hydrogen) atoms. The maximum Gasteiger partial charge on any atom is 0.216 e. The topological polar surface area (TPSA) is 47.1 Å². The normalized spacial score (nSPS) is 13.0. The number of hydrogen-bond acceptors (Lipinski definition) is 3. The number of nitrogens with one attached hydrogen (secondary N) is 1. The molecule has 2 heterocycles. The minimum atomic E-state index is -0.305. The van der Waals surface area contributed by atoms with Crippen molar-refractivity contribution in [1.29, 1.82) is 0 Å². The highest BCUT2D eigenvalue weighted by Gasteiger charge is 2.08. The number of rotatable bonds is 3. The highest BCUT2D eigenvalue weighted by atomic mass is 16.7. The molecule has 3 rings (SSSR count). The minimum absolute atomic E-state index is 0.305. The lowest BCUT2D eigenvalue weighted by Gasteiger charge is -2.11. The van der Waals surface area contributed by atoms with Gasteiger partial charge in [-0.3, -0.25) is 0 Å². The van der Waals surface area contributed by atoms with Gasteiger partial charge in [-0.25, -0.2) is 4.98 Å². The van der Waals surface area contributed by atoms with Gasteiger partial charge in [-0.15, -0.1) is 0 Å². The Labute approximate surface area is 105 Å². The van der Waals surface area contributed by atoms with Crippen molar-refractivity contribution in [2.24, 2.45) is 0 Å². The second-order valence-corrected chi connectivity index (χ2v) is 4.16. The molecule has 0 saturated heterocycles. The Hall–Kier alpha value is -2.07. The van der Waals surface area contributed by atoms with E-state index in [2.05, 4.69) is 16.0 Å². The van der Waals surface area contributed by atoms with Crippen LogP contribution in [0, 0.1) is 0 Å². The Morgan fingerprint density at radius 1 is 1.17 bits per heavy atom. The molecule has 1 N–H and O–H groups in total. The fourth-order valence-corrected chi connectivity index (χ4v) is 2.01. The number of hydrogen-bond donors (Lipinski definition) is 1. The standard InChI is InChI=1S/C14H14N2O2/c1-9(17-2)18-14-7-11-10-5-3-4-6-12(10)16-13(11)8-15-14/h3-9,16H,1-2H3. The molecule has 0 aliphatic rings. The Bertz CT molecular complexity index is 690. The number of aromatic amines is 1. The summed E-state index contributed by atoms with van der Waals surface area (Å²) in [7, 11) is 1.61. The van der Waals surface area contributed by atoms with Gasteiger partial charge in [-0.2, -0.15) is 0 Å². The van der Waals surface area contributed by atoms with E-state index < -0.39 is 0 Å². The first-order chi connectivity index (χ1) is 8.78. The van der Waals surface area contributed by atoms with Crippen LogP contribution in [0.2, 0.25) is 0 Å². The molecule has 2 aromatic heterocycles. The van der Waals surface area contributed by atoms with Gasteiger partial charge in [0.25, 0.3) is 0 Å². The van der Waals surface area contributed by atoms with Gasteiger partial charge in [0.2, 0.25) is 5.88 Å². The largest absolute Gasteiger partial charge is 0.448 e. The lowest BCUT2D eigenvalue weighted by molar-refractivity contribution is -0.0408. The number of ether oxygens (including phenoxy) is 2. The van der Waals surface area contributed by atoms with Crippen molar-refractivity contribution < 1.29 is 9.47 Å². The maximum atomic E-state index is 5.54. The van der Waals surface area contributed by atoms with Gasteiger partial charge in [0.1, 0.15) is 0 Å². The van der Waals surface area contributed by atoms with Crippen molar-refractivity contribution in [3.63, 3.8) is 0 Å². The Kier molecular flexibility index (Phi) is 2.64. The number of benzene rings is 1. The lowest BCUT2D eigenvalue weighted by atomic mass is 10.2. The molecule has 1 aromatic carbocycles. The van der Waals surface area contributed by atoms with E-state index in [0.29, 0.717) is 5.88 Å². The molecule has 0 spiro atoms. The van der Waals surface area contributed by atoms with E-state index in [0.717, 1.165) is 16.4 Å². The first-order valence-electron chi connectivity index (χ1n) is 5.84. The summed E-state index contributed by atoms with van der Waals surface area (Å²) in [4.78, 5) is 7.58. The van der Waals surface area contributed by atoms with Crippen molar-refractivity contribution in [2.75, 3.05) is 7.11 Å². The van der Waals surface area contributed by atoms with Crippen molar-refractivity contribution in [3.8, 4) is 5.88 Å². The van der Waals surface area contributed by atoms with Crippen LogP contribution in [0.5, 0.6) is 5.88 Å². The average Bonchev–Trinajstić information content (AvgIpc) is 2.77. The van der Waals surface area contributed by atoms with E-state index in [1.54, 1.807) is 13.3 Å². The fraction of sp³-hybridized carbons (Fsp3) is 0.214. The van der Waals surface area contributed by atoms with Crippen LogP contribution in [0.4, 0.5) is 0 Å². The predicted octanol–water partition coefficient (Wildman–Crippen LogP) is 3.09. The maximum absolute atomic E-state index is 5.54. The molecule has 1 atom stereocenters. The minimum Gasteiger partial charge on any atom is -0.448 e. The smallest absolute Gasteiger partial charge is 0.216 e. The van der Waals surface area contributed by atoms with Crippen molar-refractivity contribution in [2.45, 2.75) is 13.2 Å². The predicted molar refractivity (Wildman–Crippen MR) is 70.7 cm³/mol. The number of aromatic nitrogens is 2. The van der Waals surface area contributed by atoms with Crippen molar-refractivity contribution in [1.82, 2.24) is 9.97 Å². The van der Waals surface area contributed by atoms with Crippen LogP contribution < -0.4 is 4.74 Å². The highest BCUT2D eigenvalue weighted by molar-refractivity contribution is 6.07. The summed E-state index contributed by atoms with van der Waals surface area (Å²) < 4.78 is 10.6. The summed E-state index contributed by atoms with van der Waals surface area (Å²) in [6, 6.07) is 10.1. The van der Waals surface area contributed by atoms with Gasteiger partial charge in [0.05, 0.1) is 11.7 Å². The first kappa shape index (κ1) is 11.0. The zero-order chi connectivity index (χ0) is 12.5. The summed E-state index contributed by atoms with van der Waals surface area (Å²) in [5.74, 6) is 0.571. The third-order valence-corrected chi connectivity index (χ3v) is 2.98. The van der Waals surface area contributed by atoms with Gasteiger partial charge in [0.15, 0.2) is 6.29 Å². The van der Waals surface area contributed by atoms with Gasteiger partial charge in [0, 0.05) is 29.5 Å². The van der Waals surface area contributed by atoms with Gasteiger partial charge in [-0.05, 0) is 13.0 Å². The molecule has 0 amide bonds. The number of nitrogens with zero attached hydrogens (tertiary/aromatic N) is 1. The van der Waals surface area contributed by atoms with Crippen molar-refractivity contribution >= 4 is 21.8 Å². The van der Waals surface area contributed by atoms with Crippen molar-refractivity contribution in [3.05, 3.63) is 36.5 Å². The van der Waals surface area contributed by atoms with Crippen LogP contribution in [0.1, 0.15) is 6.92 Å². The second kappa shape index (κ2) is 4.31. The molecule has 4 nitrogen and oxygen atoms in total. The Balaban J connectivity index is 2.12. The fourth-order valence-electron chi connectivity index (χ4n) is 2.01. The first-order valence-corrected chi connectivity index (χ1v) is 5.84. The van der Waals surface area contributed by atoms with Gasteiger partial charge in [-0.1, -0.05) is 18.2 Å². The second-order valence-electron chi connectivity index (χ2n) is 4.16. The van der Waals surface area contributed by atoms with Crippen LogP contribution in [-0.4, -0.2) is 23.4 Å². The zero-order valence-corrected chi connectivity index (χ0v) is 10.3. The monoisotopic (exact) mass is 242 g/mol. The van der Waals surface area contributed by atoms with Crippen LogP contribution in [-0.2, 0) is 4.74 Å². The van der Waals surface area contributed by atoms with E-state index in [9.17, 15) is 0 Å². The molecular weight excluding hydrogens is 228 g/mol. The molecule has 92 valence electrons. The van der Waals surface area contributed by atoms with E-state index in [1.165, 1.54) is 5.39 Å². The number of para-hydroxylation sites is 1. The summed E-state index contributed by atoms with van der Waals surface area (Å²) in [5.41, 5.74) is 2.11. The molecule has 0 fully saturated rings. The molecule has 0 aliphatic carbocycles. The average molecular weight is 242 g/mol. The Morgan fingerprint density at radius 3 is 2.83 bits per heavy atom. The number of H-pyrrole nitrogens is 1. The molecule has 0 radical (unpaired) electrons. The number of fused-ring (bicyclic) bond motifs is 3. The molecule has 4 heteroatoms. The van der Waals surface area contributed by atoms with E-state index in [1.807, 2.05) is 31.2 Å². The van der Waals surface area contributed by atoms with Gasteiger partial charge >= 0.3 is 0 Å². The number of pyridine rings is 1. The van der Waals surface area contributed by atoms with E-state index in [-0.39, 0.29) is 6.29 Å². The van der Waals surface area contributed by atoms with E-state index >= 15 is 0 Å². The third kappa shape index (κ3) is 1.80. The van der Waals surface area contributed by atoms with Gasteiger partial charge < -0.3 is 14.5 Å². The molecule has 0 bridgehead atoms. The molecule has 0 aliphatic heterocycles. The highest BCUT2D eigenvalue weighted by Crippen LogP contribution is 2.27. The molecule has 3 aromatic rings. The summed E-state index contributed by atoms with van der Waals surface area (Å²) in [6.07, 6.45) is 1.48. The van der Waals surface area contributed by atoms with Crippen LogP contribution >= 0.6 is 0 Å². The summed E-state index contributed by atoms with van der Waals surface area (Å²) in [6.45, 7) is 1.83. The SMILES string of the molecule is COC(C)Oc1cc2c(cn1)[nH]c1ccccc12. The summed E-state index contributed by atoms with van der Waals surface area (Å²) in [5, 5.41) is 2.28. The zero-order valence-electron chi connectivity index (χ0n) is 10.3. The lowest BCUT2D eigenvalue weighted by Crippen LogP contribution is -2.14. The van der Waals surface area contributed by atoms with Crippen LogP contribution in [0.3, 0.4) is 0 Å². The molecule has 1 unspecified atom stereocenters. The van der Waals surface area contributed by atoms with E-state index in [4.69, 9.17) is 9.47 Å². The molecular formula is C14H14N2O2. The van der Waals surface area contributed by atoms with Crippen LogP contribution in [0.25, 0.3) is 21.8 Å². The molecule has 0 saturated carbocycles.